The van der Waals surface area contributed by atoms with Crippen molar-refractivity contribution in [3.05, 3.63) is 24.0 Å². The second-order valence-electron chi connectivity index (χ2n) is 3.20. The molecular weight excluding hydrogens is 180 g/mol. The molecule has 1 aliphatic heterocycles. The summed E-state index contributed by atoms with van der Waals surface area (Å²) < 4.78 is 10.4. The van der Waals surface area contributed by atoms with Crippen LogP contribution in [0.5, 0.6) is 0 Å². The fourth-order valence-corrected chi connectivity index (χ4v) is 1.37. The number of allylic oxidation sites excluding steroid dienone is 1. The molecular formula is C11H16O3. The van der Waals surface area contributed by atoms with Crippen molar-refractivity contribution < 1.29 is 14.3 Å². The summed E-state index contributed by atoms with van der Waals surface area (Å²) in [4.78, 5) is 11.3. The van der Waals surface area contributed by atoms with Crippen LogP contribution in [-0.2, 0) is 14.3 Å². The SMILES string of the molecule is C=C[C@H]1CC/C(=C(\C)C(=O)OCC)O1. The Labute approximate surface area is 84.4 Å². The minimum atomic E-state index is -0.285. The van der Waals surface area contributed by atoms with Crippen LogP contribution in [-0.4, -0.2) is 18.7 Å². The van der Waals surface area contributed by atoms with E-state index in [1.165, 1.54) is 0 Å². The summed E-state index contributed by atoms with van der Waals surface area (Å²) in [7, 11) is 0. The summed E-state index contributed by atoms with van der Waals surface area (Å²) in [6, 6.07) is 0. The highest BCUT2D eigenvalue weighted by Gasteiger charge is 2.22. The van der Waals surface area contributed by atoms with Crippen molar-refractivity contribution in [2.75, 3.05) is 6.61 Å². The van der Waals surface area contributed by atoms with Crippen LogP contribution < -0.4 is 0 Å². The van der Waals surface area contributed by atoms with Crippen LogP contribution in [0.2, 0.25) is 0 Å². The molecule has 14 heavy (non-hydrogen) atoms. The first-order valence-electron chi connectivity index (χ1n) is 4.85. The molecule has 1 rings (SSSR count). The molecule has 1 fully saturated rings. The minimum Gasteiger partial charge on any atom is -0.490 e. The zero-order chi connectivity index (χ0) is 10.6. The summed E-state index contributed by atoms with van der Waals surface area (Å²) in [5.74, 6) is 0.459. The van der Waals surface area contributed by atoms with Gasteiger partial charge in [0.05, 0.1) is 12.2 Å². The molecule has 0 radical (unpaired) electrons. The first-order valence-corrected chi connectivity index (χ1v) is 4.85. The molecule has 1 saturated heterocycles. The lowest BCUT2D eigenvalue weighted by Crippen LogP contribution is -2.08. The maximum absolute atomic E-state index is 11.3. The van der Waals surface area contributed by atoms with Gasteiger partial charge in [0.1, 0.15) is 11.9 Å². The van der Waals surface area contributed by atoms with E-state index in [0.29, 0.717) is 12.2 Å². The van der Waals surface area contributed by atoms with E-state index in [9.17, 15) is 4.79 Å². The van der Waals surface area contributed by atoms with E-state index >= 15 is 0 Å². The molecule has 78 valence electrons. The quantitative estimate of drug-likeness (QED) is 0.394. The van der Waals surface area contributed by atoms with Crippen LogP contribution in [0.1, 0.15) is 26.7 Å². The van der Waals surface area contributed by atoms with Gasteiger partial charge >= 0.3 is 5.97 Å². The molecule has 0 aromatic rings. The second kappa shape index (κ2) is 4.84. The van der Waals surface area contributed by atoms with Crippen molar-refractivity contribution in [1.82, 2.24) is 0 Å². The Morgan fingerprint density at radius 1 is 1.79 bits per heavy atom. The molecule has 1 aliphatic rings. The average molecular weight is 196 g/mol. The molecule has 0 saturated carbocycles. The van der Waals surface area contributed by atoms with Gasteiger partial charge in [-0.25, -0.2) is 4.79 Å². The third kappa shape index (κ3) is 2.37. The van der Waals surface area contributed by atoms with Crippen LogP contribution in [0.3, 0.4) is 0 Å². The van der Waals surface area contributed by atoms with Gasteiger partial charge in [-0.3, -0.25) is 0 Å². The molecule has 0 aromatic heterocycles. The van der Waals surface area contributed by atoms with Crippen molar-refractivity contribution in [3.8, 4) is 0 Å². The molecule has 0 bridgehead atoms. The third-order valence-corrected chi connectivity index (χ3v) is 2.21. The lowest BCUT2D eigenvalue weighted by atomic mass is 10.2. The van der Waals surface area contributed by atoms with E-state index < -0.39 is 0 Å². The molecule has 1 heterocycles. The Balaban J connectivity index is 2.65. The molecule has 3 heteroatoms. The second-order valence-corrected chi connectivity index (χ2v) is 3.20. The van der Waals surface area contributed by atoms with Gasteiger partial charge in [-0.1, -0.05) is 12.7 Å². The van der Waals surface area contributed by atoms with E-state index in [1.807, 2.05) is 0 Å². The Bertz CT molecular complexity index is 266. The smallest absolute Gasteiger partial charge is 0.337 e. The lowest BCUT2D eigenvalue weighted by molar-refractivity contribution is -0.138. The van der Waals surface area contributed by atoms with Gasteiger partial charge < -0.3 is 9.47 Å². The van der Waals surface area contributed by atoms with E-state index in [-0.39, 0.29) is 12.1 Å². The zero-order valence-electron chi connectivity index (χ0n) is 8.71. The number of carbonyl (C=O) groups is 1. The molecule has 1 atom stereocenters. The zero-order valence-corrected chi connectivity index (χ0v) is 8.71. The fraction of sp³-hybridized carbons (Fsp3) is 0.545. The summed E-state index contributed by atoms with van der Waals surface area (Å²) in [5, 5.41) is 0. The van der Waals surface area contributed by atoms with Crippen LogP contribution in [0, 0.1) is 0 Å². The number of hydrogen-bond donors (Lipinski definition) is 0. The highest BCUT2D eigenvalue weighted by molar-refractivity contribution is 5.88. The molecule has 0 spiro atoms. The Hall–Kier alpha value is -1.25. The minimum absolute atomic E-state index is 0.0503. The number of hydrogen-bond acceptors (Lipinski definition) is 3. The number of carbonyl (C=O) groups excluding carboxylic acids is 1. The summed E-state index contributed by atoms with van der Waals surface area (Å²) in [6.45, 7) is 7.58. The predicted octanol–water partition coefficient (Wildman–Crippen LogP) is 2.19. The highest BCUT2D eigenvalue weighted by atomic mass is 16.5. The van der Waals surface area contributed by atoms with Crippen LogP contribution >= 0.6 is 0 Å². The first-order chi connectivity index (χ1) is 6.69. The molecule has 0 unspecified atom stereocenters. The summed E-state index contributed by atoms with van der Waals surface area (Å²) >= 11 is 0. The van der Waals surface area contributed by atoms with Gasteiger partial charge in [0, 0.05) is 6.42 Å². The summed E-state index contributed by atoms with van der Waals surface area (Å²) in [6.07, 6.45) is 3.50. The van der Waals surface area contributed by atoms with Crippen molar-refractivity contribution in [1.29, 1.82) is 0 Å². The van der Waals surface area contributed by atoms with Crippen molar-refractivity contribution >= 4 is 5.97 Å². The number of rotatable bonds is 3. The molecule has 0 aliphatic carbocycles. The van der Waals surface area contributed by atoms with Crippen LogP contribution in [0.4, 0.5) is 0 Å². The van der Waals surface area contributed by atoms with E-state index in [0.717, 1.165) is 18.6 Å². The topological polar surface area (TPSA) is 35.5 Å². The normalized spacial score (nSPS) is 24.0. The Morgan fingerprint density at radius 2 is 2.50 bits per heavy atom. The number of ether oxygens (including phenoxy) is 2. The van der Waals surface area contributed by atoms with Crippen molar-refractivity contribution in [2.24, 2.45) is 0 Å². The average Bonchev–Trinajstić information content (AvgIpc) is 2.65. The van der Waals surface area contributed by atoms with Crippen molar-refractivity contribution in [3.63, 3.8) is 0 Å². The predicted molar refractivity (Wildman–Crippen MR) is 53.6 cm³/mol. The standard InChI is InChI=1S/C11H16O3/c1-4-9-6-7-10(14-9)8(3)11(12)13-5-2/h4,9H,1,5-7H2,2-3H3/b10-8-/t9-/m0/s1. The lowest BCUT2D eigenvalue weighted by Gasteiger charge is -2.07. The van der Waals surface area contributed by atoms with E-state index in [4.69, 9.17) is 9.47 Å². The monoisotopic (exact) mass is 196 g/mol. The molecule has 0 aromatic carbocycles. The van der Waals surface area contributed by atoms with Gasteiger partial charge in [-0.15, -0.1) is 0 Å². The maximum atomic E-state index is 11.3. The van der Waals surface area contributed by atoms with E-state index in [2.05, 4.69) is 6.58 Å². The van der Waals surface area contributed by atoms with Gasteiger partial charge in [0.15, 0.2) is 0 Å². The largest absolute Gasteiger partial charge is 0.490 e. The molecule has 0 N–H and O–H groups in total. The number of esters is 1. The Kier molecular flexibility index (Phi) is 3.74. The molecule has 3 nitrogen and oxygen atoms in total. The van der Waals surface area contributed by atoms with Gasteiger partial charge in [0.25, 0.3) is 0 Å². The van der Waals surface area contributed by atoms with Crippen LogP contribution in [0.25, 0.3) is 0 Å². The van der Waals surface area contributed by atoms with Crippen molar-refractivity contribution in [2.45, 2.75) is 32.8 Å². The maximum Gasteiger partial charge on any atom is 0.337 e. The first kappa shape index (κ1) is 10.8. The Morgan fingerprint density at radius 3 is 3.00 bits per heavy atom. The fourth-order valence-electron chi connectivity index (χ4n) is 1.37. The van der Waals surface area contributed by atoms with Gasteiger partial charge in [0.2, 0.25) is 0 Å². The molecule has 0 amide bonds. The van der Waals surface area contributed by atoms with Gasteiger partial charge in [-0.05, 0) is 20.3 Å². The van der Waals surface area contributed by atoms with Gasteiger partial charge in [-0.2, -0.15) is 0 Å². The highest BCUT2D eigenvalue weighted by Crippen LogP contribution is 2.26. The third-order valence-electron chi connectivity index (χ3n) is 2.21. The summed E-state index contributed by atoms with van der Waals surface area (Å²) in [5.41, 5.74) is 0.580. The van der Waals surface area contributed by atoms with Crippen LogP contribution in [0.15, 0.2) is 24.0 Å². The van der Waals surface area contributed by atoms with E-state index in [1.54, 1.807) is 19.9 Å².